The minimum Gasteiger partial charge on any atom is -0.497 e. The SMILES string of the molecule is COc1ccc(Cn2cc(Cl)cc(NC(c3ccc(C#N)c(F)c3)c3c(C(=O)O)nn(-c4cnc(N(C)C)nc4OC)c3C(C)C)c2=O)cc1. The van der Waals surface area contributed by atoms with Crippen molar-refractivity contribution >= 4 is 29.2 Å². The van der Waals surface area contributed by atoms with Crippen molar-refractivity contribution in [2.45, 2.75) is 32.4 Å². The monoisotopic (exact) mass is 700 g/mol. The lowest BCUT2D eigenvalue weighted by molar-refractivity contribution is 0.0688. The molecule has 0 saturated heterocycles. The van der Waals surface area contributed by atoms with Gasteiger partial charge in [-0.3, -0.25) is 4.79 Å². The summed E-state index contributed by atoms with van der Waals surface area (Å²) in [6.45, 7) is 3.83. The van der Waals surface area contributed by atoms with E-state index in [1.54, 1.807) is 44.3 Å². The normalized spacial score (nSPS) is 11.6. The summed E-state index contributed by atoms with van der Waals surface area (Å²) < 4.78 is 28.8. The molecule has 5 rings (SSSR count). The highest BCUT2D eigenvalue weighted by atomic mass is 35.5. The lowest BCUT2D eigenvalue weighted by Crippen LogP contribution is -2.27. The van der Waals surface area contributed by atoms with Gasteiger partial charge in [0.25, 0.3) is 5.56 Å². The van der Waals surface area contributed by atoms with Gasteiger partial charge >= 0.3 is 5.97 Å². The van der Waals surface area contributed by atoms with Crippen LogP contribution in [0.2, 0.25) is 5.02 Å². The molecule has 15 heteroatoms. The van der Waals surface area contributed by atoms with Gasteiger partial charge in [0.05, 0.1) is 49.3 Å². The van der Waals surface area contributed by atoms with Crippen molar-refractivity contribution in [3.8, 4) is 23.4 Å². The van der Waals surface area contributed by atoms with E-state index in [1.807, 2.05) is 26.0 Å². The number of carbonyl (C=O) groups is 1. The van der Waals surface area contributed by atoms with Crippen LogP contribution in [0.3, 0.4) is 0 Å². The number of hydrogen-bond acceptors (Lipinski definition) is 10. The molecule has 1 atom stereocenters. The molecule has 0 amide bonds. The number of carboxylic acids is 1. The first kappa shape index (κ1) is 35.4. The Labute approximate surface area is 292 Å². The number of methoxy groups -OCH3 is 2. The van der Waals surface area contributed by atoms with Gasteiger partial charge in [-0.25, -0.2) is 18.9 Å². The second-order valence-electron chi connectivity index (χ2n) is 11.8. The van der Waals surface area contributed by atoms with Crippen LogP contribution in [-0.2, 0) is 6.54 Å². The van der Waals surface area contributed by atoms with Crippen LogP contribution < -0.4 is 25.2 Å². The zero-order valence-corrected chi connectivity index (χ0v) is 28.9. The number of carboxylic acid groups (broad SMARTS) is 1. The number of nitriles is 1. The van der Waals surface area contributed by atoms with Crippen LogP contribution in [0, 0.1) is 17.1 Å². The zero-order chi connectivity index (χ0) is 36.3. The number of anilines is 2. The molecule has 50 heavy (non-hydrogen) atoms. The Hall–Kier alpha value is -5.94. The summed E-state index contributed by atoms with van der Waals surface area (Å²) in [5, 5.41) is 27.8. The van der Waals surface area contributed by atoms with E-state index in [4.69, 9.17) is 21.1 Å². The lowest BCUT2D eigenvalue weighted by atomic mass is 9.91. The number of aromatic nitrogens is 5. The van der Waals surface area contributed by atoms with E-state index in [1.165, 1.54) is 47.0 Å². The first-order chi connectivity index (χ1) is 23.9. The van der Waals surface area contributed by atoms with Crippen LogP contribution >= 0.6 is 11.6 Å². The fourth-order valence-electron chi connectivity index (χ4n) is 5.51. The van der Waals surface area contributed by atoms with E-state index in [0.29, 0.717) is 17.4 Å². The Balaban J connectivity index is 1.75. The topological polar surface area (TPSA) is 160 Å². The number of nitrogens with zero attached hydrogens (tertiary/aromatic N) is 7. The molecule has 0 saturated carbocycles. The summed E-state index contributed by atoms with van der Waals surface area (Å²) >= 11 is 6.53. The Bertz CT molecular complexity index is 2160. The maximum atomic E-state index is 15.2. The van der Waals surface area contributed by atoms with Crippen molar-refractivity contribution in [2.75, 3.05) is 38.5 Å². The number of rotatable bonds is 12. The van der Waals surface area contributed by atoms with E-state index < -0.39 is 23.4 Å². The number of nitrogens with one attached hydrogen (secondary N) is 1. The van der Waals surface area contributed by atoms with Gasteiger partial charge in [0.1, 0.15) is 29.0 Å². The first-order valence-corrected chi connectivity index (χ1v) is 15.7. The highest BCUT2D eigenvalue weighted by Crippen LogP contribution is 2.38. The minimum absolute atomic E-state index is 0.0100. The van der Waals surface area contributed by atoms with E-state index in [2.05, 4.69) is 20.4 Å². The van der Waals surface area contributed by atoms with Crippen molar-refractivity contribution in [3.63, 3.8) is 0 Å². The molecule has 2 N–H and O–H groups in total. The summed E-state index contributed by atoms with van der Waals surface area (Å²) in [6.07, 6.45) is 2.95. The highest BCUT2D eigenvalue weighted by molar-refractivity contribution is 6.30. The number of halogens is 2. The number of hydrogen-bond donors (Lipinski definition) is 2. The fraction of sp³-hybridized carbons (Fsp3) is 0.257. The quantitative estimate of drug-likeness (QED) is 0.166. The summed E-state index contributed by atoms with van der Waals surface area (Å²) in [6, 6.07) is 13.1. The van der Waals surface area contributed by atoms with Crippen LogP contribution in [-0.4, -0.2) is 63.7 Å². The average Bonchev–Trinajstić information content (AvgIpc) is 3.50. The number of pyridine rings is 1. The van der Waals surface area contributed by atoms with Gasteiger partial charge in [0, 0.05) is 25.9 Å². The molecule has 13 nitrogen and oxygen atoms in total. The van der Waals surface area contributed by atoms with Crippen LogP contribution in [0.15, 0.2) is 65.7 Å². The summed E-state index contributed by atoms with van der Waals surface area (Å²) in [4.78, 5) is 37.4. The van der Waals surface area contributed by atoms with Gasteiger partial charge < -0.3 is 29.4 Å². The van der Waals surface area contributed by atoms with E-state index in [9.17, 15) is 20.0 Å². The number of benzene rings is 2. The molecule has 3 aromatic heterocycles. The third kappa shape index (κ3) is 7.08. The maximum Gasteiger partial charge on any atom is 0.356 e. The second kappa shape index (κ2) is 14.7. The van der Waals surface area contributed by atoms with Crippen molar-refractivity contribution in [2.24, 2.45) is 0 Å². The molecule has 0 fully saturated rings. The summed E-state index contributed by atoms with van der Waals surface area (Å²) in [5.74, 6) is -1.47. The Kier molecular flexibility index (Phi) is 10.4. The van der Waals surface area contributed by atoms with Crippen molar-refractivity contribution in [3.05, 3.63) is 116 Å². The molecule has 1 unspecified atom stereocenters. The van der Waals surface area contributed by atoms with Crippen molar-refractivity contribution in [1.29, 1.82) is 5.26 Å². The lowest BCUT2D eigenvalue weighted by Gasteiger charge is -2.24. The Morgan fingerprint density at radius 1 is 1.14 bits per heavy atom. The third-order valence-electron chi connectivity index (χ3n) is 7.85. The van der Waals surface area contributed by atoms with E-state index >= 15 is 4.39 Å². The van der Waals surface area contributed by atoms with Crippen molar-refractivity contribution < 1.29 is 23.8 Å². The predicted octanol–water partition coefficient (Wildman–Crippen LogP) is 5.64. The standard InChI is InChI=1S/C35H34ClFN8O5/c1-19(2)31-28(30(34(47)48)42-45(31)27-16-39-35(43(3)4)41-32(27)50-6)29(21-9-10-22(15-38)25(37)13-21)40-26-14-23(36)18-44(33(26)46)17-20-7-11-24(49-5)12-8-20/h7-14,16,18-19,29,40H,17H2,1-6H3,(H,47,48). The number of ether oxygens (including phenoxy) is 2. The first-order valence-electron chi connectivity index (χ1n) is 15.3. The van der Waals surface area contributed by atoms with Crippen LogP contribution in [0.5, 0.6) is 11.6 Å². The van der Waals surface area contributed by atoms with Crippen LogP contribution in [0.4, 0.5) is 16.0 Å². The van der Waals surface area contributed by atoms with Gasteiger partial charge in [0.15, 0.2) is 5.69 Å². The van der Waals surface area contributed by atoms with Crippen LogP contribution in [0.25, 0.3) is 5.69 Å². The van der Waals surface area contributed by atoms with E-state index in [-0.39, 0.29) is 57.1 Å². The molecule has 258 valence electrons. The van der Waals surface area contributed by atoms with Gasteiger partial charge in [-0.15, -0.1) is 0 Å². The van der Waals surface area contributed by atoms with E-state index in [0.717, 1.165) is 11.6 Å². The Morgan fingerprint density at radius 2 is 1.86 bits per heavy atom. The molecule has 0 aliphatic heterocycles. The third-order valence-corrected chi connectivity index (χ3v) is 8.06. The Morgan fingerprint density at radius 3 is 2.44 bits per heavy atom. The molecule has 5 aromatic rings. The molecule has 0 radical (unpaired) electrons. The molecule has 3 heterocycles. The summed E-state index contributed by atoms with van der Waals surface area (Å²) in [5.41, 5.74) is 0.738. The smallest absolute Gasteiger partial charge is 0.356 e. The molecule has 0 spiro atoms. The van der Waals surface area contributed by atoms with Gasteiger partial charge in [-0.05, 0) is 47.4 Å². The molecule has 2 aromatic carbocycles. The molecular weight excluding hydrogens is 667 g/mol. The van der Waals surface area contributed by atoms with Crippen molar-refractivity contribution in [1.82, 2.24) is 24.3 Å². The van der Waals surface area contributed by atoms with Gasteiger partial charge in [0.2, 0.25) is 11.8 Å². The average molecular weight is 701 g/mol. The van der Waals surface area contributed by atoms with Gasteiger partial charge in [-0.2, -0.15) is 15.3 Å². The van der Waals surface area contributed by atoms with Gasteiger partial charge in [-0.1, -0.05) is 43.6 Å². The molecule has 0 bridgehead atoms. The highest BCUT2D eigenvalue weighted by Gasteiger charge is 2.34. The van der Waals surface area contributed by atoms with Crippen LogP contribution in [0.1, 0.15) is 64.2 Å². The summed E-state index contributed by atoms with van der Waals surface area (Å²) in [7, 11) is 6.50. The maximum absolute atomic E-state index is 15.2. The fourth-order valence-corrected chi connectivity index (χ4v) is 5.74. The molecular formula is C35H34ClFN8O5. The number of aromatic carboxylic acids is 1. The predicted molar refractivity (Wildman–Crippen MR) is 185 cm³/mol. The molecule has 0 aliphatic rings. The largest absolute Gasteiger partial charge is 0.497 e. The second-order valence-corrected chi connectivity index (χ2v) is 12.2. The zero-order valence-electron chi connectivity index (χ0n) is 28.1. The minimum atomic E-state index is -1.38. The molecule has 0 aliphatic carbocycles.